The Kier molecular flexibility index (Phi) is 6.38. The molecule has 2 aliphatic heterocycles. The summed E-state index contributed by atoms with van der Waals surface area (Å²) >= 11 is 0. The summed E-state index contributed by atoms with van der Waals surface area (Å²) in [5.74, 6) is -1.79. The molecule has 0 spiro atoms. The van der Waals surface area contributed by atoms with E-state index >= 15 is 0 Å². The fourth-order valence-corrected chi connectivity index (χ4v) is 2.52. The van der Waals surface area contributed by atoms with Crippen LogP contribution in [0.5, 0.6) is 0 Å². The van der Waals surface area contributed by atoms with Crippen LogP contribution in [-0.2, 0) is 19.1 Å². The van der Waals surface area contributed by atoms with Gasteiger partial charge >= 0.3 is 5.97 Å². The van der Waals surface area contributed by atoms with Crippen molar-refractivity contribution >= 4 is 30.2 Å². The standard InChI is InChI=1S/C12H19N3O5.ClH/c13-8-1-2-15(11(8)18)9(7-10(16)17)12(19)14-3-5-20-6-4-14;/h8-9H,1-7,13H2,(H,16,17);1H/t8-,9-;/m0./s1. The van der Waals surface area contributed by atoms with Gasteiger partial charge in [0.2, 0.25) is 11.8 Å². The molecule has 0 aromatic heterocycles. The molecule has 2 atom stereocenters. The van der Waals surface area contributed by atoms with Gasteiger partial charge in [0.15, 0.2) is 0 Å². The number of nitrogens with two attached hydrogens (primary N) is 1. The fourth-order valence-electron chi connectivity index (χ4n) is 2.52. The van der Waals surface area contributed by atoms with Crippen molar-refractivity contribution in [1.82, 2.24) is 9.80 Å². The van der Waals surface area contributed by atoms with E-state index in [4.69, 9.17) is 15.6 Å². The number of carbonyl (C=O) groups excluding carboxylic acids is 2. The monoisotopic (exact) mass is 321 g/mol. The molecule has 2 aliphatic rings. The third-order valence-electron chi connectivity index (χ3n) is 3.63. The van der Waals surface area contributed by atoms with E-state index < -0.39 is 24.5 Å². The molecule has 0 aromatic rings. The van der Waals surface area contributed by atoms with E-state index in [9.17, 15) is 14.4 Å². The van der Waals surface area contributed by atoms with Gasteiger partial charge < -0.3 is 25.4 Å². The van der Waals surface area contributed by atoms with E-state index in [1.807, 2.05) is 0 Å². The molecule has 2 heterocycles. The van der Waals surface area contributed by atoms with Crippen LogP contribution in [0.15, 0.2) is 0 Å². The Morgan fingerprint density at radius 1 is 1.33 bits per heavy atom. The van der Waals surface area contributed by atoms with E-state index in [1.165, 1.54) is 4.90 Å². The van der Waals surface area contributed by atoms with Gasteiger partial charge in [-0.15, -0.1) is 12.4 Å². The van der Waals surface area contributed by atoms with Gasteiger partial charge in [0.1, 0.15) is 6.04 Å². The summed E-state index contributed by atoms with van der Waals surface area (Å²) in [6.07, 6.45) is 0.0555. The minimum atomic E-state index is -1.11. The van der Waals surface area contributed by atoms with Crippen molar-refractivity contribution in [3.05, 3.63) is 0 Å². The number of hydrogen-bond donors (Lipinski definition) is 2. The van der Waals surface area contributed by atoms with Gasteiger partial charge in [0, 0.05) is 19.6 Å². The van der Waals surface area contributed by atoms with E-state index in [0.717, 1.165) is 0 Å². The normalized spacial score (nSPS) is 23.7. The maximum Gasteiger partial charge on any atom is 0.305 e. The van der Waals surface area contributed by atoms with Crippen LogP contribution in [0.2, 0.25) is 0 Å². The lowest BCUT2D eigenvalue weighted by Crippen LogP contribution is -2.53. The van der Waals surface area contributed by atoms with Crippen LogP contribution < -0.4 is 5.73 Å². The van der Waals surface area contributed by atoms with Crippen molar-refractivity contribution in [2.45, 2.75) is 24.9 Å². The highest BCUT2D eigenvalue weighted by Gasteiger charge is 2.40. The second-order valence-corrected chi connectivity index (χ2v) is 4.98. The third kappa shape index (κ3) is 4.05. The predicted octanol–water partition coefficient (Wildman–Crippen LogP) is -1.33. The van der Waals surface area contributed by atoms with Gasteiger partial charge in [-0.1, -0.05) is 0 Å². The number of aliphatic carboxylic acids is 1. The molecule has 120 valence electrons. The van der Waals surface area contributed by atoms with Gasteiger partial charge in [-0.2, -0.15) is 0 Å². The first-order valence-corrected chi connectivity index (χ1v) is 6.65. The van der Waals surface area contributed by atoms with E-state index in [0.29, 0.717) is 39.3 Å². The van der Waals surface area contributed by atoms with Gasteiger partial charge in [-0.3, -0.25) is 14.4 Å². The average molecular weight is 322 g/mol. The first-order valence-electron chi connectivity index (χ1n) is 6.65. The first-order chi connectivity index (χ1) is 9.50. The molecular weight excluding hydrogens is 302 g/mol. The molecule has 9 heteroatoms. The van der Waals surface area contributed by atoms with E-state index in [1.54, 1.807) is 4.90 Å². The number of morpholine rings is 1. The molecule has 2 fully saturated rings. The summed E-state index contributed by atoms with van der Waals surface area (Å²) in [5, 5.41) is 8.98. The highest BCUT2D eigenvalue weighted by atomic mass is 35.5. The van der Waals surface area contributed by atoms with Crippen molar-refractivity contribution in [3.63, 3.8) is 0 Å². The number of carboxylic acid groups (broad SMARTS) is 1. The molecular formula is C12H20ClN3O5. The zero-order valence-corrected chi connectivity index (χ0v) is 12.4. The summed E-state index contributed by atoms with van der Waals surface area (Å²) in [6, 6.07) is -1.60. The van der Waals surface area contributed by atoms with Crippen molar-refractivity contribution in [1.29, 1.82) is 0 Å². The molecule has 0 bridgehead atoms. The van der Waals surface area contributed by atoms with Crippen molar-refractivity contribution < 1.29 is 24.2 Å². The molecule has 3 N–H and O–H groups in total. The summed E-state index contributed by atoms with van der Waals surface area (Å²) in [4.78, 5) is 38.2. The van der Waals surface area contributed by atoms with Crippen LogP contribution in [0.1, 0.15) is 12.8 Å². The summed E-state index contributed by atoms with van der Waals surface area (Å²) in [5.41, 5.74) is 5.63. The largest absolute Gasteiger partial charge is 0.481 e. The Balaban J connectivity index is 0.00000220. The highest BCUT2D eigenvalue weighted by Crippen LogP contribution is 2.18. The minimum absolute atomic E-state index is 0. The molecule has 0 aliphatic carbocycles. The summed E-state index contributed by atoms with van der Waals surface area (Å²) in [7, 11) is 0. The summed E-state index contributed by atoms with van der Waals surface area (Å²) in [6.45, 7) is 2.03. The van der Waals surface area contributed by atoms with Crippen LogP contribution in [0.25, 0.3) is 0 Å². The van der Waals surface area contributed by atoms with Crippen LogP contribution >= 0.6 is 12.4 Å². The lowest BCUT2D eigenvalue weighted by atomic mass is 10.1. The van der Waals surface area contributed by atoms with Crippen LogP contribution in [-0.4, -0.2) is 77.6 Å². The molecule has 8 nitrogen and oxygen atoms in total. The van der Waals surface area contributed by atoms with Crippen LogP contribution in [0, 0.1) is 0 Å². The first kappa shape index (κ1) is 17.7. The number of hydrogen-bond acceptors (Lipinski definition) is 5. The molecule has 0 radical (unpaired) electrons. The lowest BCUT2D eigenvalue weighted by Gasteiger charge is -2.33. The Morgan fingerprint density at radius 3 is 2.43 bits per heavy atom. The average Bonchev–Trinajstić information content (AvgIpc) is 2.76. The Morgan fingerprint density at radius 2 is 1.95 bits per heavy atom. The number of nitrogens with zero attached hydrogens (tertiary/aromatic N) is 2. The molecule has 2 amide bonds. The number of rotatable bonds is 4. The van der Waals surface area contributed by atoms with Gasteiger partial charge in [-0.05, 0) is 6.42 Å². The maximum atomic E-state index is 12.4. The molecule has 0 unspecified atom stereocenters. The molecule has 21 heavy (non-hydrogen) atoms. The number of carbonyl (C=O) groups is 3. The molecule has 0 aromatic carbocycles. The molecule has 2 saturated heterocycles. The zero-order valence-electron chi connectivity index (χ0n) is 11.6. The Bertz CT molecular complexity index is 414. The van der Waals surface area contributed by atoms with Crippen LogP contribution in [0.4, 0.5) is 0 Å². The van der Waals surface area contributed by atoms with Crippen molar-refractivity contribution in [2.24, 2.45) is 5.73 Å². The maximum absolute atomic E-state index is 12.4. The van der Waals surface area contributed by atoms with Gasteiger partial charge in [0.05, 0.1) is 25.7 Å². The van der Waals surface area contributed by atoms with E-state index in [2.05, 4.69) is 0 Å². The quantitative estimate of drug-likeness (QED) is 0.663. The zero-order chi connectivity index (χ0) is 14.7. The lowest BCUT2D eigenvalue weighted by molar-refractivity contribution is -0.151. The van der Waals surface area contributed by atoms with Gasteiger partial charge in [0.25, 0.3) is 0 Å². The smallest absolute Gasteiger partial charge is 0.305 e. The highest BCUT2D eigenvalue weighted by molar-refractivity contribution is 5.93. The number of ether oxygens (including phenoxy) is 1. The fraction of sp³-hybridized carbons (Fsp3) is 0.750. The van der Waals surface area contributed by atoms with E-state index in [-0.39, 0.29) is 24.2 Å². The van der Waals surface area contributed by atoms with Gasteiger partial charge in [-0.25, -0.2) is 0 Å². The van der Waals surface area contributed by atoms with Crippen LogP contribution in [0.3, 0.4) is 0 Å². The predicted molar refractivity (Wildman–Crippen MR) is 75.0 cm³/mol. The number of amides is 2. The Hall–Kier alpha value is -1.38. The molecule has 0 saturated carbocycles. The second kappa shape index (κ2) is 7.58. The Labute approximate surface area is 128 Å². The molecule has 2 rings (SSSR count). The van der Waals surface area contributed by atoms with Crippen molar-refractivity contribution in [3.8, 4) is 0 Å². The topological polar surface area (TPSA) is 113 Å². The van der Waals surface area contributed by atoms with Crippen molar-refractivity contribution in [2.75, 3.05) is 32.8 Å². The number of halogens is 1. The number of carboxylic acids is 1. The third-order valence-corrected chi connectivity index (χ3v) is 3.63. The minimum Gasteiger partial charge on any atom is -0.481 e. The SMILES string of the molecule is Cl.N[C@H]1CCN([C@@H](CC(=O)O)C(=O)N2CCOCC2)C1=O. The number of likely N-dealkylation sites (tertiary alicyclic amines) is 1. The second-order valence-electron chi connectivity index (χ2n) is 4.98. The summed E-state index contributed by atoms with van der Waals surface area (Å²) < 4.78 is 5.16.